The lowest BCUT2D eigenvalue weighted by Crippen LogP contribution is -2.00. The molecule has 0 saturated carbocycles. The van der Waals surface area contributed by atoms with Crippen LogP contribution in [0.2, 0.25) is 0 Å². The highest BCUT2D eigenvalue weighted by atomic mass is 14.7. The summed E-state index contributed by atoms with van der Waals surface area (Å²) in [6.45, 7) is 13.3. The maximum atomic E-state index is 5.11. The molecule has 1 heterocycles. The molecule has 0 saturated heterocycles. The van der Waals surface area contributed by atoms with E-state index in [0.29, 0.717) is 5.92 Å². The van der Waals surface area contributed by atoms with Crippen LogP contribution in [-0.4, -0.2) is 4.98 Å². The molecule has 30 heavy (non-hydrogen) atoms. The molecule has 1 heteroatoms. The number of nitrogens with zero attached hydrogens (tertiary/aromatic N) is 1. The van der Waals surface area contributed by atoms with Gasteiger partial charge in [0.25, 0.3) is 0 Å². The molecule has 0 radical (unpaired) electrons. The Morgan fingerprint density at radius 3 is 2.13 bits per heavy atom. The molecule has 0 amide bonds. The molecule has 0 fully saturated rings. The highest BCUT2D eigenvalue weighted by molar-refractivity contribution is 5.89. The van der Waals surface area contributed by atoms with Crippen LogP contribution in [0.15, 0.2) is 60.7 Å². The first-order valence-corrected chi connectivity index (χ1v) is 10.9. The molecule has 0 bridgehead atoms. The Bertz CT molecular complexity index is 1210. The van der Waals surface area contributed by atoms with Gasteiger partial charge in [0.15, 0.2) is 0 Å². The first-order valence-electron chi connectivity index (χ1n) is 10.9. The monoisotopic (exact) mass is 393 g/mol. The Balaban J connectivity index is 1.92. The molecular formula is C29H31N. The molecular weight excluding hydrogens is 362 g/mol. The summed E-state index contributed by atoms with van der Waals surface area (Å²) in [5.74, 6) is 0.590. The van der Waals surface area contributed by atoms with Gasteiger partial charge >= 0.3 is 0 Å². The summed E-state index contributed by atoms with van der Waals surface area (Å²) in [4.78, 5) is 5.11. The fourth-order valence-electron chi connectivity index (χ4n) is 4.27. The Hall–Kier alpha value is -2.93. The molecule has 152 valence electrons. The summed E-state index contributed by atoms with van der Waals surface area (Å²) in [6, 6.07) is 22.3. The quantitative estimate of drug-likeness (QED) is 0.342. The van der Waals surface area contributed by atoms with E-state index in [9.17, 15) is 0 Å². The molecule has 0 N–H and O–H groups in total. The van der Waals surface area contributed by atoms with E-state index in [2.05, 4.69) is 102 Å². The molecule has 0 spiro atoms. The molecule has 0 aliphatic carbocycles. The maximum absolute atomic E-state index is 5.11. The number of pyridine rings is 1. The normalized spacial score (nSPS) is 11.4. The number of benzene rings is 3. The zero-order chi connectivity index (χ0) is 21.4. The van der Waals surface area contributed by atoms with Crippen LogP contribution in [0.4, 0.5) is 0 Å². The summed E-state index contributed by atoms with van der Waals surface area (Å²) >= 11 is 0. The summed E-state index contributed by atoms with van der Waals surface area (Å²) in [5.41, 5.74) is 12.5. The lowest BCUT2D eigenvalue weighted by molar-refractivity contribution is 0.650. The van der Waals surface area contributed by atoms with Crippen molar-refractivity contribution in [2.24, 2.45) is 5.92 Å². The van der Waals surface area contributed by atoms with E-state index in [1.165, 1.54) is 49.9 Å². The van der Waals surface area contributed by atoms with Gasteiger partial charge in [-0.2, -0.15) is 0 Å². The van der Waals surface area contributed by atoms with Gasteiger partial charge in [0.1, 0.15) is 0 Å². The van der Waals surface area contributed by atoms with Gasteiger partial charge in [0.05, 0.1) is 11.2 Å². The second kappa shape index (κ2) is 8.07. The molecule has 1 aromatic heterocycles. The van der Waals surface area contributed by atoms with Crippen molar-refractivity contribution in [1.29, 1.82) is 0 Å². The van der Waals surface area contributed by atoms with Crippen LogP contribution in [0.25, 0.3) is 33.3 Å². The third-order valence-corrected chi connectivity index (χ3v) is 6.00. The molecule has 4 rings (SSSR count). The minimum absolute atomic E-state index is 0.590. The minimum Gasteiger partial charge on any atom is -0.248 e. The standard InChI is InChI=1S/C29H31N/c1-18(2)13-25-17-29(26-15-20(4)14-21(5)22(26)6)30-28-12-11-24(16-27(25)28)23-9-7-19(3)8-10-23/h7-12,14-18H,13H2,1-6H3. The summed E-state index contributed by atoms with van der Waals surface area (Å²) in [7, 11) is 0. The van der Waals surface area contributed by atoms with Gasteiger partial charge in [-0.3, -0.25) is 0 Å². The predicted octanol–water partition coefficient (Wildman–Crippen LogP) is 8.00. The lowest BCUT2D eigenvalue weighted by Gasteiger charge is -2.16. The van der Waals surface area contributed by atoms with E-state index in [4.69, 9.17) is 4.98 Å². The lowest BCUT2D eigenvalue weighted by atomic mass is 9.92. The summed E-state index contributed by atoms with van der Waals surface area (Å²) < 4.78 is 0. The first-order chi connectivity index (χ1) is 14.3. The second-order valence-electron chi connectivity index (χ2n) is 9.12. The van der Waals surface area contributed by atoms with Gasteiger partial charge in [0, 0.05) is 10.9 Å². The van der Waals surface area contributed by atoms with Crippen molar-refractivity contribution < 1.29 is 0 Å². The largest absolute Gasteiger partial charge is 0.248 e. The Kier molecular flexibility index (Phi) is 5.47. The van der Waals surface area contributed by atoms with Crippen LogP contribution < -0.4 is 0 Å². The van der Waals surface area contributed by atoms with Gasteiger partial charge < -0.3 is 0 Å². The van der Waals surface area contributed by atoms with Gasteiger partial charge in [0.2, 0.25) is 0 Å². The topological polar surface area (TPSA) is 12.9 Å². The Morgan fingerprint density at radius 1 is 0.733 bits per heavy atom. The van der Waals surface area contributed by atoms with Crippen LogP contribution in [-0.2, 0) is 6.42 Å². The van der Waals surface area contributed by atoms with Gasteiger partial charge in [-0.15, -0.1) is 0 Å². The number of rotatable bonds is 4. The fraction of sp³-hybridized carbons (Fsp3) is 0.276. The first kappa shape index (κ1) is 20.3. The number of hydrogen-bond acceptors (Lipinski definition) is 1. The number of fused-ring (bicyclic) bond motifs is 1. The Labute approximate surface area is 180 Å². The second-order valence-corrected chi connectivity index (χ2v) is 9.12. The van der Waals surface area contributed by atoms with E-state index in [-0.39, 0.29) is 0 Å². The Morgan fingerprint density at radius 2 is 1.43 bits per heavy atom. The highest BCUT2D eigenvalue weighted by Crippen LogP contribution is 2.32. The summed E-state index contributed by atoms with van der Waals surface area (Å²) in [5, 5.41) is 1.27. The van der Waals surface area contributed by atoms with Crippen molar-refractivity contribution in [3.63, 3.8) is 0 Å². The van der Waals surface area contributed by atoms with Crippen molar-refractivity contribution in [3.05, 3.63) is 88.5 Å². The van der Waals surface area contributed by atoms with E-state index >= 15 is 0 Å². The van der Waals surface area contributed by atoms with Crippen molar-refractivity contribution in [2.45, 2.75) is 48.0 Å². The van der Waals surface area contributed by atoms with E-state index in [0.717, 1.165) is 17.6 Å². The van der Waals surface area contributed by atoms with E-state index in [1.54, 1.807) is 0 Å². The van der Waals surface area contributed by atoms with Crippen molar-refractivity contribution >= 4 is 10.9 Å². The van der Waals surface area contributed by atoms with Crippen molar-refractivity contribution in [3.8, 4) is 22.4 Å². The molecule has 0 aliphatic heterocycles. The number of aryl methyl sites for hydroxylation is 3. The molecule has 4 aromatic rings. The minimum atomic E-state index is 0.590. The van der Waals surface area contributed by atoms with Crippen LogP contribution in [0.5, 0.6) is 0 Å². The smallest absolute Gasteiger partial charge is 0.0715 e. The number of aromatic nitrogens is 1. The third kappa shape index (κ3) is 4.03. The average Bonchev–Trinajstić information content (AvgIpc) is 2.70. The zero-order valence-electron chi connectivity index (χ0n) is 19.0. The average molecular weight is 394 g/mol. The van der Waals surface area contributed by atoms with Crippen LogP contribution in [0.3, 0.4) is 0 Å². The van der Waals surface area contributed by atoms with Gasteiger partial charge in [-0.05, 0) is 92.1 Å². The molecule has 0 aliphatic rings. The van der Waals surface area contributed by atoms with Crippen molar-refractivity contribution in [1.82, 2.24) is 4.98 Å². The molecule has 0 atom stereocenters. The maximum Gasteiger partial charge on any atom is 0.0715 e. The highest BCUT2D eigenvalue weighted by Gasteiger charge is 2.13. The van der Waals surface area contributed by atoms with Crippen molar-refractivity contribution in [2.75, 3.05) is 0 Å². The van der Waals surface area contributed by atoms with E-state index in [1.807, 2.05) is 0 Å². The fourth-order valence-corrected chi connectivity index (χ4v) is 4.27. The predicted molar refractivity (Wildman–Crippen MR) is 130 cm³/mol. The van der Waals surface area contributed by atoms with Crippen LogP contribution >= 0.6 is 0 Å². The molecule has 0 unspecified atom stereocenters. The third-order valence-electron chi connectivity index (χ3n) is 6.00. The van der Waals surface area contributed by atoms with Crippen LogP contribution in [0, 0.1) is 33.6 Å². The van der Waals surface area contributed by atoms with Crippen LogP contribution in [0.1, 0.15) is 41.7 Å². The van der Waals surface area contributed by atoms with Gasteiger partial charge in [-0.25, -0.2) is 4.98 Å². The number of hydrogen-bond donors (Lipinski definition) is 0. The van der Waals surface area contributed by atoms with Gasteiger partial charge in [-0.1, -0.05) is 61.4 Å². The zero-order valence-corrected chi connectivity index (χ0v) is 19.0. The van der Waals surface area contributed by atoms with E-state index < -0.39 is 0 Å². The molecule has 1 nitrogen and oxygen atoms in total. The SMILES string of the molecule is Cc1ccc(-c2ccc3nc(-c4cc(C)cc(C)c4C)cc(CC(C)C)c3c2)cc1. The summed E-state index contributed by atoms with van der Waals surface area (Å²) in [6.07, 6.45) is 1.05. The molecule has 3 aromatic carbocycles.